The quantitative estimate of drug-likeness (QED) is 0.238. The first-order valence-corrected chi connectivity index (χ1v) is 15.8. The molecule has 0 heterocycles. The number of nitrogens with one attached hydrogen (secondary N) is 1. The maximum Gasteiger partial charge on any atom is 0.264 e. The standard InChI is InChI=1S/C30H34Cl3N3O4S/c1-5-26(30(38)34-17-20(2)3)35(18-22-9-6-7-10-24(22)31)28(37)19-36(27-12-8-11-25(32)29(27)33)41(39,40)23-15-13-21(4)14-16-23/h6-16,20,26H,5,17-19H2,1-4H3,(H,34,38)/t26-/m1/s1. The maximum absolute atomic E-state index is 14.1. The number of rotatable bonds is 12. The molecule has 0 fully saturated rings. The second-order valence-electron chi connectivity index (χ2n) is 10.1. The molecule has 1 N–H and O–H groups in total. The van der Waals surface area contributed by atoms with Crippen molar-refractivity contribution in [3.05, 3.63) is 92.9 Å². The van der Waals surface area contributed by atoms with E-state index in [-0.39, 0.29) is 39.0 Å². The summed E-state index contributed by atoms with van der Waals surface area (Å²) >= 11 is 19.2. The van der Waals surface area contributed by atoms with Crippen molar-refractivity contribution < 1.29 is 18.0 Å². The van der Waals surface area contributed by atoms with Crippen LogP contribution in [0.3, 0.4) is 0 Å². The van der Waals surface area contributed by atoms with Crippen molar-refractivity contribution in [3.8, 4) is 0 Å². The highest BCUT2D eigenvalue weighted by Gasteiger charge is 2.35. The summed E-state index contributed by atoms with van der Waals surface area (Å²) in [5.74, 6) is -0.747. The van der Waals surface area contributed by atoms with Crippen LogP contribution in [0, 0.1) is 12.8 Å². The van der Waals surface area contributed by atoms with Crippen LogP contribution in [0.2, 0.25) is 15.1 Å². The number of anilines is 1. The van der Waals surface area contributed by atoms with Gasteiger partial charge in [0.1, 0.15) is 12.6 Å². The Morgan fingerprint density at radius 3 is 2.15 bits per heavy atom. The van der Waals surface area contributed by atoms with Crippen molar-refractivity contribution >= 4 is 62.3 Å². The Balaban J connectivity index is 2.10. The number of aryl methyl sites for hydroxylation is 1. The number of carbonyl (C=O) groups is 2. The average Bonchev–Trinajstić information content (AvgIpc) is 2.93. The first-order chi connectivity index (χ1) is 19.4. The molecular formula is C30H34Cl3N3O4S. The smallest absolute Gasteiger partial charge is 0.264 e. The molecule has 1 atom stereocenters. The predicted molar refractivity (Wildman–Crippen MR) is 166 cm³/mol. The highest BCUT2D eigenvalue weighted by Crippen LogP contribution is 2.35. The molecule has 7 nitrogen and oxygen atoms in total. The van der Waals surface area contributed by atoms with Crippen molar-refractivity contribution in [3.63, 3.8) is 0 Å². The summed E-state index contributed by atoms with van der Waals surface area (Å²) in [4.78, 5) is 28.8. The third-order valence-corrected chi connectivity index (χ3v) is 9.41. The Bertz CT molecular complexity index is 1480. The second kappa shape index (κ2) is 14.4. The first-order valence-electron chi connectivity index (χ1n) is 13.2. The molecule has 0 bridgehead atoms. The van der Waals surface area contributed by atoms with E-state index in [1.807, 2.05) is 20.8 Å². The van der Waals surface area contributed by atoms with Crippen LogP contribution in [0.5, 0.6) is 0 Å². The van der Waals surface area contributed by atoms with Gasteiger partial charge in [-0.15, -0.1) is 0 Å². The highest BCUT2D eigenvalue weighted by atomic mass is 35.5. The lowest BCUT2D eigenvalue weighted by atomic mass is 10.1. The molecule has 0 aliphatic heterocycles. The number of halogens is 3. The molecule has 11 heteroatoms. The fourth-order valence-electron chi connectivity index (χ4n) is 4.19. The molecule has 3 rings (SSSR count). The number of hydrogen-bond acceptors (Lipinski definition) is 4. The molecular weight excluding hydrogens is 605 g/mol. The molecule has 0 unspecified atom stereocenters. The molecule has 0 aromatic heterocycles. The predicted octanol–water partition coefficient (Wildman–Crippen LogP) is 6.73. The van der Waals surface area contributed by atoms with E-state index < -0.39 is 28.5 Å². The lowest BCUT2D eigenvalue weighted by Crippen LogP contribution is -2.52. The minimum atomic E-state index is -4.28. The summed E-state index contributed by atoms with van der Waals surface area (Å²) in [7, 11) is -4.28. The van der Waals surface area contributed by atoms with Gasteiger partial charge in [0.15, 0.2) is 0 Å². The van der Waals surface area contributed by atoms with Gasteiger partial charge in [0.05, 0.1) is 20.6 Å². The van der Waals surface area contributed by atoms with Gasteiger partial charge < -0.3 is 10.2 Å². The van der Waals surface area contributed by atoms with Gasteiger partial charge in [-0.2, -0.15) is 0 Å². The van der Waals surface area contributed by atoms with E-state index in [0.29, 0.717) is 23.6 Å². The molecule has 0 saturated heterocycles. The third-order valence-electron chi connectivity index (χ3n) is 6.46. The summed E-state index contributed by atoms with van der Waals surface area (Å²) < 4.78 is 28.9. The number of nitrogens with zero attached hydrogens (tertiary/aromatic N) is 2. The van der Waals surface area contributed by atoms with E-state index in [9.17, 15) is 18.0 Å². The summed E-state index contributed by atoms with van der Waals surface area (Å²) in [5.41, 5.74) is 1.53. The fraction of sp³-hybridized carbons (Fsp3) is 0.333. The van der Waals surface area contributed by atoms with Gasteiger partial charge in [-0.05, 0) is 55.2 Å². The van der Waals surface area contributed by atoms with Crippen molar-refractivity contribution in [2.24, 2.45) is 5.92 Å². The Kier molecular flexibility index (Phi) is 11.5. The van der Waals surface area contributed by atoms with Crippen molar-refractivity contribution in [1.29, 1.82) is 0 Å². The minimum absolute atomic E-state index is 0.00614. The van der Waals surface area contributed by atoms with Crippen molar-refractivity contribution in [1.82, 2.24) is 10.2 Å². The van der Waals surface area contributed by atoms with Crippen LogP contribution < -0.4 is 9.62 Å². The zero-order valence-electron chi connectivity index (χ0n) is 23.4. The van der Waals surface area contributed by atoms with E-state index in [1.54, 1.807) is 49.4 Å². The van der Waals surface area contributed by atoms with Crippen molar-refractivity contribution in [2.45, 2.75) is 51.6 Å². The van der Waals surface area contributed by atoms with Crippen LogP contribution in [0.15, 0.2) is 71.6 Å². The van der Waals surface area contributed by atoms with Crippen molar-refractivity contribution in [2.75, 3.05) is 17.4 Å². The van der Waals surface area contributed by atoms with Gasteiger partial charge in [-0.1, -0.05) is 97.5 Å². The van der Waals surface area contributed by atoms with E-state index in [4.69, 9.17) is 34.8 Å². The third kappa shape index (κ3) is 8.16. The average molecular weight is 639 g/mol. The number of carbonyl (C=O) groups excluding carboxylic acids is 2. The first kappa shape index (κ1) is 32.7. The van der Waals surface area contributed by atoms with Gasteiger partial charge in [-0.25, -0.2) is 8.42 Å². The Morgan fingerprint density at radius 1 is 0.902 bits per heavy atom. The molecule has 41 heavy (non-hydrogen) atoms. The molecule has 3 aromatic carbocycles. The summed E-state index contributed by atoms with van der Waals surface area (Å²) in [5, 5.41) is 3.43. The molecule has 0 aliphatic carbocycles. The van der Waals surface area contributed by atoms with Crippen LogP contribution in [-0.4, -0.2) is 44.3 Å². The van der Waals surface area contributed by atoms with Crippen LogP contribution in [0.25, 0.3) is 0 Å². The largest absolute Gasteiger partial charge is 0.354 e. The van der Waals surface area contributed by atoms with Crippen LogP contribution >= 0.6 is 34.8 Å². The van der Waals surface area contributed by atoms with Gasteiger partial charge in [0, 0.05) is 18.1 Å². The number of hydrogen-bond donors (Lipinski definition) is 1. The summed E-state index contributed by atoms with van der Waals surface area (Å²) in [6.45, 7) is 7.36. The summed E-state index contributed by atoms with van der Waals surface area (Å²) in [6.07, 6.45) is 0.294. The molecule has 2 amide bonds. The van der Waals surface area contributed by atoms with E-state index in [2.05, 4.69) is 5.32 Å². The van der Waals surface area contributed by atoms with E-state index in [0.717, 1.165) is 9.87 Å². The zero-order chi connectivity index (χ0) is 30.3. The number of amides is 2. The van der Waals surface area contributed by atoms with Crippen LogP contribution in [-0.2, 0) is 26.2 Å². The maximum atomic E-state index is 14.1. The normalized spacial score (nSPS) is 12.2. The number of sulfonamides is 1. The van der Waals surface area contributed by atoms with Gasteiger partial charge in [-0.3, -0.25) is 13.9 Å². The minimum Gasteiger partial charge on any atom is -0.354 e. The molecule has 0 spiro atoms. The SMILES string of the molecule is CC[C@H](C(=O)NCC(C)C)N(Cc1ccccc1Cl)C(=O)CN(c1cccc(Cl)c1Cl)S(=O)(=O)c1ccc(C)cc1. The molecule has 220 valence electrons. The van der Waals surface area contributed by atoms with E-state index >= 15 is 0 Å². The Labute approximate surface area is 257 Å². The fourth-order valence-corrected chi connectivity index (χ4v) is 6.26. The lowest BCUT2D eigenvalue weighted by Gasteiger charge is -2.33. The monoisotopic (exact) mass is 637 g/mol. The van der Waals surface area contributed by atoms with Gasteiger partial charge >= 0.3 is 0 Å². The molecule has 0 radical (unpaired) electrons. The summed E-state index contributed by atoms with van der Waals surface area (Å²) in [6, 6.07) is 17.0. The van der Waals surface area contributed by atoms with Gasteiger partial charge in [0.25, 0.3) is 10.0 Å². The zero-order valence-corrected chi connectivity index (χ0v) is 26.5. The lowest BCUT2D eigenvalue weighted by molar-refractivity contribution is -0.140. The molecule has 0 aliphatic rings. The molecule has 0 saturated carbocycles. The Hall–Kier alpha value is -2.78. The van der Waals surface area contributed by atoms with E-state index in [1.165, 1.54) is 29.2 Å². The van der Waals surface area contributed by atoms with Crippen LogP contribution in [0.4, 0.5) is 5.69 Å². The van der Waals surface area contributed by atoms with Crippen LogP contribution in [0.1, 0.15) is 38.3 Å². The molecule has 3 aromatic rings. The number of benzene rings is 3. The van der Waals surface area contributed by atoms with Gasteiger partial charge in [0.2, 0.25) is 11.8 Å². The second-order valence-corrected chi connectivity index (χ2v) is 13.1. The topological polar surface area (TPSA) is 86.8 Å². The highest BCUT2D eigenvalue weighted by molar-refractivity contribution is 7.92. The Morgan fingerprint density at radius 2 is 1.54 bits per heavy atom.